The fourth-order valence-electron chi connectivity index (χ4n) is 1.56. The Hall–Kier alpha value is -1.40. The molecule has 18 heavy (non-hydrogen) atoms. The van der Waals surface area contributed by atoms with E-state index in [1.54, 1.807) is 18.7 Å². The highest BCUT2D eigenvalue weighted by molar-refractivity contribution is 8.00. The van der Waals surface area contributed by atoms with E-state index in [1.165, 1.54) is 17.7 Å². The Kier molecular flexibility index (Phi) is 3.68. The summed E-state index contributed by atoms with van der Waals surface area (Å²) >= 11 is 2.75. The van der Waals surface area contributed by atoms with E-state index in [-0.39, 0.29) is 5.25 Å². The number of fused-ring (bicyclic) bond motifs is 1. The quantitative estimate of drug-likeness (QED) is 0.528. The van der Waals surface area contributed by atoms with E-state index in [1.807, 2.05) is 13.0 Å². The maximum Gasteiger partial charge on any atom is 0.346 e. The monoisotopic (exact) mass is 280 g/mol. The van der Waals surface area contributed by atoms with Gasteiger partial charge in [0.1, 0.15) is 21.1 Å². The number of thioether (sulfide) groups is 1. The van der Waals surface area contributed by atoms with E-state index in [9.17, 15) is 4.79 Å². The Labute approximate surface area is 113 Å². The average molecular weight is 280 g/mol. The maximum absolute atomic E-state index is 11.1. The summed E-state index contributed by atoms with van der Waals surface area (Å²) in [5.41, 5.74) is 0.738. The van der Waals surface area contributed by atoms with Crippen LogP contribution in [0.5, 0.6) is 0 Å². The molecule has 0 aliphatic carbocycles. The van der Waals surface area contributed by atoms with Crippen LogP contribution in [0.4, 0.5) is 0 Å². The minimum absolute atomic E-state index is 0.218. The molecule has 0 radical (unpaired) electrons. The highest BCUT2D eigenvalue weighted by atomic mass is 32.2. The Bertz CT molecular complexity index is 622. The maximum atomic E-state index is 11.1. The van der Waals surface area contributed by atoms with Gasteiger partial charge in [0.05, 0.1) is 0 Å². The lowest BCUT2D eigenvalue weighted by atomic mass is 10.2. The van der Waals surface area contributed by atoms with Gasteiger partial charge in [0.15, 0.2) is 0 Å². The molecule has 1 unspecified atom stereocenters. The fourth-order valence-corrected chi connectivity index (χ4v) is 3.53. The number of hydrogen-bond acceptors (Lipinski definition) is 5. The lowest BCUT2D eigenvalue weighted by molar-refractivity contribution is 0.0701. The van der Waals surface area contributed by atoms with Crippen LogP contribution in [0.3, 0.4) is 0 Å². The third-order valence-corrected chi connectivity index (χ3v) is 4.80. The summed E-state index contributed by atoms with van der Waals surface area (Å²) in [7, 11) is 0. The van der Waals surface area contributed by atoms with E-state index in [0.29, 0.717) is 4.88 Å². The molecule has 0 saturated heterocycles. The van der Waals surface area contributed by atoms with Gasteiger partial charge in [-0.2, -0.15) is 0 Å². The second-order valence-electron chi connectivity index (χ2n) is 3.78. The van der Waals surface area contributed by atoms with Crippen LogP contribution in [0.1, 0.15) is 22.2 Å². The van der Waals surface area contributed by atoms with Gasteiger partial charge in [-0.15, -0.1) is 17.9 Å². The summed E-state index contributed by atoms with van der Waals surface area (Å²) in [6.45, 7) is 7.56. The van der Waals surface area contributed by atoms with Crippen molar-refractivity contribution in [2.24, 2.45) is 0 Å². The molecule has 0 aromatic carbocycles. The molecule has 6 heteroatoms. The van der Waals surface area contributed by atoms with E-state index >= 15 is 0 Å². The zero-order valence-electron chi connectivity index (χ0n) is 10.0. The minimum Gasteiger partial charge on any atom is -0.477 e. The van der Waals surface area contributed by atoms with Crippen molar-refractivity contribution in [3.8, 4) is 0 Å². The molecule has 4 nitrogen and oxygen atoms in total. The number of carboxylic acid groups (broad SMARTS) is 1. The molecule has 2 rings (SSSR count). The smallest absolute Gasteiger partial charge is 0.346 e. The van der Waals surface area contributed by atoms with Crippen LogP contribution < -0.4 is 0 Å². The van der Waals surface area contributed by atoms with Crippen LogP contribution in [-0.2, 0) is 0 Å². The molecule has 1 N–H and O–H groups in total. The zero-order valence-corrected chi connectivity index (χ0v) is 11.6. The molecule has 1 atom stereocenters. The molecule has 2 heterocycles. The van der Waals surface area contributed by atoms with Crippen LogP contribution in [0.15, 0.2) is 24.0 Å². The predicted molar refractivity (Wildman–Crippen MR) is 74.6 cm³/mol. The Balaban J connectivity index is 2.61. The summed E-state index contributed by atoms with van der Waals surface area (Å²) in [5, 5.41) is 11.0. The number of carboxylic acids is 1. The molecule has 0 fully saturated rings. The molecule has 0 saturated carbocycles. The normalized spacial score (nSPS) is 12.6. The molecule has 2 aromatic heterocycles. The molecule has 2 aromatic rings. The van der Waals surface area contributed by atoms with E-state index in [0.717, 1.165) is 20.8 Å². The molecule has 0 aliphatic rings. The van der Waals surface area contributed by atoms with Gasteiger partial charge in [-0.1, -0.05) is 17.8 Å². The molecule has 0 amide bonds. The molecule has 94 valence electrons. The Morgan fingerprint density at radius 2 is 2.33 bits per heavy atom. The van der Waals surface area contributed by atoms with Crippen LogP contribution in [0.25, 0.3) is 10.2 Å². The first-order valence-corrected chi connectivity index (χ1v) is 7.00. The van der Waals surface area contributed by atoms with Crippen molar-refractivity contribution in [2.45, 2.75) is 24.1 Å². The fraction of sp³-hybridized carbons (Fsp3) is 0.250. The summed E-state index contributed by atoms with van der Waals surface area (Å²) in [5.74, 6) is -0.914. The highest BCUT2D eigenvalue weighted by Gasteiger charge is 2.19. The average Bonchev–Trinajstić information content (AvgIpc) is 2.68. The standard InChI is InChI=1S/C12H12N2O2S2/c1-4-6(2)17-10-8-7(3)9(12(15)16)18-11(8)14-5-13-10/h4-6H,1H2,2-3H3,(H,15,16). The first-order valence-electron chi connectivity index (χ1n) is 5.31. The van der Waals surface area contributed by atoms with Gasteiger partial charge < -0.3 is 5.11 Å². The van der Waals surface area contributed by atoms with Gasteiger partial charge in [-0.3, -0.25) is 0 Å². The number of nitrogens with zero attached hydrogens (tertiary/aromatic N) is 2. The number of aromatic carboxylic acids is 1. The predicted octanol–water partition coefficient (Wildman–Crippen LogP) is 3.36. The number of hydrogen-bond donors (Lipinski definition) is 1. The third-order valence-electron chi connectivity index (χ3n) is 2.52. The van der Waals surface area contributed by atoms with Gasteiger partial charge in [0.25, 0.3) is 0 Å². The lowest BCUT2D eigenvalue weighted by Gasteiger charge is -2.06. The Morgan fingerprint density at radius 3 is 2.94 bits per heavy atom. The van der Waals surface area contributed by atoms with E-state index < -0.39 is 5.97 Å². The van der Waals surface area contributed by atoms with Crippen molar-refractivity contribution >= 4 is 39.3 Å². The SMILES string of the molecule is C=CC(C)Sc1ncnc2sc(C(=O)O)c(C)c12. The van der Waals surface area contributed by atoms with Crippen molar-refractivity contribution in [3.05, 3.63) is 29.4 Å². The molecule has 0 bridgehead atoms. The number of carbonyl (C=O) groups is 1. The number of aryl methyl sites for hydroxylation is 1. The lowest BCUT2D eigenvalue weighted by Crippen LogP contribution is -1.95. The largest absolute Gasteiger partial charge is 0.477 e. The first-order chi connectivity index (χ1) is 8.54. The van der Waals surface area contributed by atoms with Gasteiger partial charge in [-0.25, -0.2) is 14.8 Å². The Morgan fingerprint density at radius 1 is 1.61 bits per heavy atom. The third kappa shape index (κ3) is 2.26. The van der Waals surface area contributed by atoms with E-state index in [4.69, 9.17) is 5.11 Å². The second kappa shape index (κ2) is 5.07. The minimum atomic E-state index is -0.914. The van der Waals surface area contributed by atoms with Gasteiger partial charge >= 0.3 is 5.97 Å². The molecular weight excluding hydrogens is 268 g/mol. The van der Waals surface area contributed by atoms with Crippen LogP contribution in [0, 0.1) is 6.92 Å². The number of aromatic nitrogens is 2. The molecular formula is C12H12N2O2S2. The summed E-state index contributed by atoms with van der Waals surface area (Å²) < 4.78 is 0. The van der Waals surface area contributed by atoms with E-state index in [2.05, 4.69) is 16.5 Å². The highest BCUT2D eigenvalue weighted by Crippen LogP contribution is 2.36. The van der Waals surface area contributed by atoms with Crippen LogP contribution in [0.2, 0.25) is 0 Å². The summed E-state index contributed by atoms with van der Waals surface area (Å²) in [4.78, 5) is 20.6. The van der Waals surface area contributed by atoms with Crippen molar-refractivity contribution in [3.63, 3.8) is 0 Å². The van der Waals surface area contributed by atoms with Gasteiger partial charge in [0, 0.05) is 10.6 Å². The zero-order chi connectivity index (χ0) is 13.3. The first kappa shape index (κ1) is 13.0. The van der Waals surface area contributed by atoms with Crippen molar-refractivity contribution < 1.29 is 9.90 Å². The second-order valence-corrected chi connectivity index (χ2v) is 6.14. The van der Waals surface area contributed by atoms with Crippen molar-refractivity contribution in [1.82, 2.24) is 9.97 Å². The van der Waals surface area contributed by atoms with Gasteiger partial charge in [0.2, 0.25) is 0 Å². The van der Waals surface area contributed by atoms with Crippen molar-refractivity contribution in [2.75, 3.05) is 0 Å². The molecule has 0 aliphatic heterocycles. The van der Waals surface area contributed by atoms with Gasteiger partial charge in [-0.05, 0) is 19.4 Å². The van der Waals surface area contributed by atoms with Crippen molar-refractivity contribution in [1.29, 1.82) is 0 Å². The summed E-state index contributed by atoms with van der Waals surface area (Å²) in [6.07, 6.45) is 3.31. The number of rotatable bonds is 4. The number of thiophene rings is 1. The van der Waals surface area contributed by atoms with Crippen LogP contribution >= 0.6 is 23.1 Å². The topological polar surface area (TPSA) is 63.1 Å². The molecule has 0 spiro atoms. The van der Waals surface area contributed by atoms with Crippen LogP contribution in [-0.4, -0.2) is 26.3 Å². The summed E-state index contributed by atoms with van der Waals surface area (Å²) in [6, 6.07) is 0.